The molecule has 2 heterocycles. The molecule has 0 bridgehead atoms. The van der Waals surface area contributed by atoms with Gasteiger partial charge in [-0.1, -0.05) is 13.8 Å². The van der Waals surface area contributed by atoms with Gasteiger partial charge in [-0.15, -0.1) is 0 Å². The Labute approximate surface area is 146 Å². The molecule has 3 N–H and O–H groups in total. The number of H-pyrrole nitrogens is 1. The van der Waals surface area contributed by atoms with Gasteiger partial charge in [0.25, 0.3) is 0 Å². The fraction of sp³-hybridized carbons (Fsp3) is 0.471. The molecule has 25 heavy (non-hydrogen) atoms. The highest BCUT2D eigenvalue weighted by Crippen LogP contribution is 2.20. The van der Waals surface area contributed by atoms with Crippen molar-refractivity contribution < 1.29 is 9.18 Å². The van der Waals surface area contributed by atoms with Crippen molar-refractivity contribution in [2.75, 3.05) is 18.0 Å². The third-order valence-corrected chi connectivity index (χ3v) is 4.20. The lowest BCUT2D eigenvalue weighted by molar-refractivity contribution is 0.237. The van der Waals surface area contributed by atoms with E-state index in [1.807, 2.05) is 13.8 Å². The minimum Gasteiger partial charge on any atom is -0.369 e. The first-order valence-corrected chi connectivity index (χ1v) is 8.47. The molecule has 1 aliphatic rings. The fourth-order valence-corrected chi connectivity index (χ4v) is 2.81. The van der Waals surface area contributed by atoms with Crippen LogP contribution in [0.25, 0.3) is 0 Å². The number of urea groups is 1. The largest absolute Gasteiger partial charge is 0.369 e. The number of carbonyl (C=O) groups excluding carboxylic acids is 1. The Kier molecular flexibility index (Phi) is 5.16. The average molecular weight is 346 g/mol. The van der Waals surface area contributed by atoms with Crippen molar-refractivity contribution in [3.8, 4) is 0 Å². The summed E-state index contributed by atoms with van der Waals surface area (Å²) in [4.78, 5) is 18.5. The number of hydrogen-bond donors (Lipinski definition) is 3. The van der Waals surface area contributed by atoms with E-state index in [2.05, 4.69) is 30.7 Å². The van der Waals surface area contributed by atoms with Gasteiger partial charge in [-0.05, 0) is 30.7 Å². The van der Waals surface area contributed by atoms with Crippen molar-refractivity contribution in [3.05, 3.63) is 41.7 Å². The number of anilines is 1. The predicted molar refractivity (Wildman–Crippen MR) is 92.9 cm³/mol. The number of rotatable bonds is 5. The van der Waals surface area contributed by atoms with E-state index in [0.717, 1.165) is 24.5 Å². The summed E-state index contributed by atoms with van der Waals surface area (Å²) >= 11 is 0. The van der Waals surface area contributed by atoms with Gasteiger partial charge in [0.15, 0.2) is 5.82 Å². The van der Waals surface area contributed by atoms with Crippen molar-refractivity contribution in [2.24, 2.45) is 0 Å². The number of aromatic nitrogens is 3. The van der Waals surface area contributed by atoms with E-state index in [1.165, 1.54) is 12.1 Å². The number of aromatic amines is 1. The molecule has 2 amide bonds. The summed E-state index contributed by atoms with van der Waals surface area (Å²) in [6.45, 7) is 5.87. The van der Waals surface area contributed by atoms with E-state index in [9.17, 15) is 9.18 Å². The summed E-state index contributed by atoms with van der Waals surface area (Å²) < 4.78 is 13.0. The van der Waals surface area contributed by atoms with Gasteiger partial charge in [0.1, 0.15) is 11.6 Å². The Balaban J connectivity index is 1.44. The SMILES string of the molecule is CC(C)c1n[nH]c(CNC(=O)NC2CCN(c3ccc(F)cc3)C2)n1. The van der Waals surface area contributed by atoms with E-state index < -0.39 is 0 Å². The Morgan fingerprint density at radius 1 is 1.40 bits per heavy atom. The number of hydrogen-bond acceptors (Lipinski definition) is 4. The summed E-state index contributed by atoms with van der Waals surface area (Å²) in [5.41, 5.74) is 0.967. The van der Waals surface area contributed by atoms with Gasteiger partial charge in [-0.3, -0.25) is 5.10 Å². The zero-order valence-electron chi connectivity index (χ0n) is 14.4. The minimum atomic E-state index is -0.245. The number of nitrogens with one attached hydrogen (secondary N) is 3. The molecule has 3 rings (SSSR count). The van der Waals surface area contributed by atoms with Crippen molar-refractivity contribution in [1.82, 2.24) is 25.8 Å². The second-order valence-corrected chi connectivity index (χ2v) is 6.53. The molecule has 2 aromatic rings. The first-order valence-electron chi connectivity index (χ1n) is 8.47. The molecule has 1 aromatic heterocycles. The summed E-state index contributed by atoms with van der Waals surface area (Å²) in [6, 6.07) is 6.25. The second kappa shape index (κ2) is 7.50. The van der Waals surface area contributed by atoms with E-state index in [4.69, 9.17) is 0 Å². The third-order valence-electron chi connectivity index (χ3n) is 4.20. The zero-order chi connectivity index (χ0) is 17.8. The number of halogens is 1. The molecule has 1 saturated heterocycles. The Morgan fingerprint density at radius 3 is 2.84 bits per heavy atom. The highest BCUT2D eigenvalue weighted by molar-refractivity contribution is 5.74. The normalized spacial score (nSPS) is 17.1. The third kappa shape index (κ3) is 4.46. The average Bonchev–Trinajstić information content (AvgIpc) is 3.23. The first kappa shape index (κ1) is 17.2. The maximum atomic E-state index is 13.0. The van der Waals surface area contributed by atoms with Crippen molar-refractivity contribution in [2.45, 2.75) is 38.8 Å². The van der Waals surface area contributed by atoms with Gasteiger partial charge in [0.05, 0.1) is 6.54 Å². The molecule has 1 atom stereocenters. The van der Waals surface area contributed by atoms with Gasteiger partial charge in [-0.2, -0.15) is 5.10 Å². The lowest BCUT2D eigenvalue weighted by Crippen LogP contribution is -2.43. The molecular weight excluding hydrogens is 323 g/mol. The van der Waals surface area contributed by atoms with Crippen molar-refractivity contribution in [1.29, 1.82) is 0 Å². The summed E-state index contributed by atoms with van der Waals surface area (Å²) in [7, 11) is 0. The highest BCUT2D eigenvalue weighted by Gasteiger charge is 2.24. The quantitative estimate of drug-likeness (QED) is 0.774. The highest BCUT2D eigenvalue weighted by atomic mass is 19.1. The molecular formula is C17H23FN6O. The minimum absolute atomic E-state index is 0.0611. The van der Waals surface area contributed by atoms with Gasteiger partial charge in [-0.25, -0.2) is 14.2 Å². The van der Waals surface area contributed by atoms with E-state index in [1.54, 1.807) is 12.1 Å². The first-order chi connectivity index (χ1) is 12.0. The van der Waals surface area contributed by atoms with Crippen LogP contribution in [0.4, 0.5) is 14.9 Å². The molecule has 1 fully saturated rings. The summed E-state index contributed by atoms with van der Waals surface area (Å²) in [5.74, 6) is 1.38. The zero-order valence-corrected chi connectivity index (χ0v) is 14.4. The van der Waals surface area contributed by atoms with Gasteiger partial charge >= 0.3 is 6.03 Å². The smallest absolute Gasteiger partial charge is 0.315 e. The molecule has 1 aliphatic heterocycles. The molecule has 1 unspecified atom stereocenters. The maximum Gasteiger partial charge on any atom is 0.315 e. The van der Waals surface area contributed by atoms with E-state index in [0.29, 0.717) is 18.9 Å². The van der Waals surface area contributed by atoms with Crippen molar-refractivity contribution in [3.63, 3.8) is 0 Å². The van der Waals surface area contributed by atoms with Gasteiger partial charge < -0.3 is 15.5 Å². The molecule has 7 nitrogen and oxygen atoms in total. The Morgan fingerprint density at radius 2 is 2.16 bits per heavy atom. The van der Waals surface area contributed by atoms with Crippen LogP contribution in [0.2, 0.25) is 0 Å². The molecule has 0 saturated carbocycles. The summed E-state index contributed by atoms with van der Waals surface area (Å²) in [5, 5.41) is 12.7. The van der Waals surface area contributed by atoms with E-state index in [-0.39, 0.29) is 23.8 Å². The van der Waals surface area contributed by atoms with Crippen molar-refractivity contribution >= 4 is 11.7 Å². The van der Waals surface area contributed by atoms with Crippen LogP contribution in [0.15, 0.2) is 24.3 Å². The van der Waals surface area contributed by atoms with Crippen LogP contribution in [-0.2, 0) is 6.54 Å². The molecule has 134 valence electrons. The Hall–Kier alpha value is -2.64. The standard InChI is InChI=1S/C17H23FN6O/c1-11(2)16-21-15(22-23-16)9-19-17(25)20-13-7-8-24(10-13)14-5-3-12(18)4-6-14/h3-6,11,13H,7-10H2,1-2H3,(H2,19,20,25)(H,21,22,23). The van der Waals surface area contributed by atoms with Crippen LogP contribution < -0.4 is 15.5 Å². The molecule has 0 radical (unpaired) electrons. The monoisotopic (exact) mass is 346 g/mol. The molecule has 1 aromatic carbocycles. The number of amides is 2. The number of benzene rings is 1. The summed E-state index contributed by atoms with van der Waals surface area (Å²) in [6.07, 6.45) is 0.852. The fourth-order valence-electron chi connectivity index (χ4n) is 2.81. The van der Waals surface area contributed by atoms with Crippen LogP contribution in [0, 0.1) is 5.82 Å². The maximum absolute atomic E-state index is 13.0. The molecule has 0 aliphatic carbocycles. The van der Waals surface area contributed by atoms with E-state index >= 15 is 0 Å². The lowest BCUT2D eigenvalue weighted by Gasteiger charge is -2.19. The van der Waals surface area contributed by atoms with Crippen LogP contribution >= 0.6 is 0 Å². The van der Waals surface area contributed by atoms with Gasteiger partial charge in [0.2, 0.25) is 0 Å². The van der Waals surface area contributed by atoms with Crippen LogP contribution in [0.3, 0.4) is 0 Å². The van der Waals surface area contributed by atoms with Crippen LogP contribution in [0.5, 0.6) is 0 Å². The molecule has 0 spiro atoms. The topological polar surface area (TPSA) is 85.9 Å². The Bertz CT molecular complexity index is 714. The second-order valence-electron chi connectivity index (χ2n) is 6.53. The van der Waals surface area contributed by atoms with Gasteiger partial charge in [0, 0.05) is 30.7 Å². The predicted octanol–water partition coefficient (Wildman–Crippen LogP) is 2.15. The van der Waals surface area contributed by atoms with Crippen LogP contribution in [-0.4, -0.2) is 40.3 Å². The van der Waals surface area contributed by atoms with Crippen LogP contribution in [0.1, 0.15) is 37.8 Å². The number of carbonyl (C=O) groups is 1. The number of nitrogens with zero attached hydrogens (tertiary/aromatic N) is 3. The molecule has 8 heteroatoms. The lowest BCUT2D eigenvalue weighted by atomic mass is 10.2.